The van der Waals surface area contributed by atoms with E-state index in [2.05, 4.69) is 37.0 Å². The third-order valence-electron chi connectivity index (χ3n) is 1.81. The fourth-order valence-electron chi connectivity index (χ4n) is 1.19. The van der Waals surface area contributed by atoms with E-state index < -0.39 is 0 Å². The molecule has 1 heterocycles. The van der Waals surface area contributed by atoms with Crippen molar-refractivity contribution in [1.29, 1.82) is 0 Å². The Balaban J connectivity index is 2.82. The summed E-state index contributed by atoms with van der Waals surface area (Å²) in [6, 6.07) is 0. The van der Waals surface area contributed by atoms with Crippen LogP contribution in [0, 0.1) is 6.92 Å². The van der Waals surface area contributed by atoms with Crippen LogP contribution in [0.3, 0.4) is 0 Å². The van der Waals surface area contributed by atoms with Crippen molar-refractivity contribution in [2.45, 2.75) is 19.8 Å². The first-order chi connectivity index (χ1) is 5.66. The van der Waals surface area contributed by atoms with Gasteiger partial charge in [-0.05, 0) is 35.7 Å². The zero-order valence-electron chi connectivity index (χ0n) is 7.27. The number of aryl methyl sites for hydroxylation is 2. The number of hydrogen-bond acceptors (Lipinski definition) is 1. The number of alkyl halides is 1. The Morgan fingerprint density at radius 2 is 2.17 bits per heavy atom. The molecule has 0 aromatic carbocycles. The molecule has 0 amide bonds. The largest absolute Gasteiger partial charge is 0.271 e. The molecule has 0 spiro atoms. The molecule has 12 heavy (non-hydrogen) atoms. The normalized spacial score (nSPS) is 10.7. The lowest BCUT2D eigenvalue weighted by atomic mass is 10.2. The molecule has 0 aliphatic heterocycles. The van der Waals surface area contributed by atoms with Gasteiger partial charge in [-0.1, -0.05) is 15.9 Å². The van der Waals surface area contributed by atoms with Crippen LogP contribution >= 0.6 is 31.9 Å². The van der Waals surface area contributed by atoms with Crippen LogP contribution in [0.5, 0.6) is 0 Å². The second kappa shape index (κ2) is 4.42. The van der Waals surface area contributed by atoms with Gasteiger partial charge in [0.15, 0.2) is 0 Å². The van der Waals surface area contributed by atoms with Gasteiger partial charge in [-0.15, -0.1) is 0 Å². The van der Waals surface area contributed by atoms with Gasteiger partial charge in [0.05, 0.1) is 15.9 Å². The summed E-state index contributed by atoms with van der Waals surface area (Å²) in [7, 11) is 1.99. The van der Waals surface area contributed by atoms with E-state index in [1.165, 1.54) is 5.69 Å². The topological polar surface area (TPSA) is 17.8 Å². The molecule has 0 radical (unpaired) electrons. The maximum atomic E-state index is 4.32. The summed E-state index contributed by atoms with van der Waals surface area (Å²) in [6.45, 7) is 2.02. The van der Waals surface area contributed by atoms with Crippen LogP contribution in [-0.2, 0) is 13.5 Å². The molecule has 0 aliphatic carbocycles. The standard InChI is InChI=1S/C8H12Br2N2/c1-6-8(10)7(4-3-5-9)12(2)11-6/h3-5H2,1-2H3. The molecule has 0 aliphatic rings. The van der Waals surface area contributed by atoms with E-state index in [9.17, 15) is 0 Å². The van der Waals surface area contributed by atoms with E-state index in [-0.39, 0.29) is 0 Å². The van der Waals surface area contributed by atoms with Crippen LogP contribution in [0.2, 0.25) is 0 Å². The number of nitrogens with zero attached hydrogens (tertiary/aromatic N) is 2. The van der Waals surface area contributed by atoms with Gasteiger partial charge in [0.25, 0.3) is 0 Å². The van der Waals surface area contributed by atoms with E-state index in [1.807, 2.05) is 18.7 Å². The van der Waals surface area contributed by atoms with Crippen molar-refractivity contribution < 1.29 is 0 Å². The molecule has 0 saturated carbocycles. The summed E-state index contributed by atoms with van der Waals surface area (Å²) < 4.78 is 3.10. The average Bonchev–Trinajstić information content (AvgIpc) is 2.25. The van der Waals surface area contributed by atoms with Crippen molar-refractivity contribution in [3.63, 3.8) is 0 Å². The van der Waals surface area contributed by atoms with Crippen molar-refractivity contribution in [2.24, 2.45) is 7.05 Å². The molecule has 0 unspecified atom stereocenters. The van der Waals surface area contributed by atoms with Crippen LogP contribution in [0.4, 0.5) is 0 Å². The van der Waals surface area contributed by atoms with Crippen LogP contribution < -0.4 is 0 Å². The molecule has 0 fully saturated rings. The lowest BCUT2D eigenvalue weighted by Gasteiger charge is -1.99. The Kier molecular flexibility index (Phi) is 3.77. The first-order valence-corrected chi connectivity index (χ1v) is 5.82. The predicted molar refractivity (Wildman–Crippen MR) is 57.8 cm³/mol. The Morgan fingerprint density at radius 3 is 2.58 bits per heavy atom. The molecule has 4 heteroatoms. The Bertz CT molecular complexity index is 268. The van der Waals surface area contributed by atoms with Gasteiger partial charge in [-0.2, -0.15) is 5.10 Å². The van der Waals surface area contributed by atoms with E-state index >= 15 is 0 Å². The van der Waals surface area contributed by atoms with Crippen molar-refractivity contribution in [2.75, 3.05) is 5.33 Å². The summed E-state index contributed by atoms with van der Waals surface area (Å²) in [5.74, 6) is 0. The van der Waals surface area contributed by atoms with Gasteiger partial charge in [0.1, 0.15) is 0 Å². The monoisotopic (exact) mass is 294 g/mol. The van der Waals surface area contributed by atoms with Gasteiger partial charge >= 0.3 is 0 Å². The maximum absolute atomic E-state index is 4.32. The summed E-state index contributed by atoms with van der Waals surface area (Å²) in [4.78, 5) is 0. The van der Waals surface area contributed by atoms with Crippen molar-refractivity contribution in [3.8, 4) is 0 Å². The number of halogens is 2. The second-order valence-electron chi connectivity index (χ2n) is 2.76. The molecule has 1 aromatic heterocycles. The van der Waals surface area contributed by atoms with Crippen LogP contribution in [-0.4, -0.2) is 15.1 Å². The minimum absolute atomic E-state index is 1.05. The van der Waals surface area contributed by atoms with Gasteiger partial charge < -0.3 is 0 Å². The van der Waals surface area contributed by atoms with Gasteiger partial charge in [-0.3, -0.25) is 4.68 Å². The van der Waals surface area contributed by atoms with Crippen LogP contribution in [0.1, 0.15) is 17.8 Å². The summed E-state index contributed by atoms with van der Waals surface area (Å²) >= 11 is 6.95. The average molecular weight is 296 g/mol. The Labute approximate surface area is 89.6 Å². The summed E-state index contributed by atoms with van der Waals surface area (Å²) in [5, 5.41) is 5.36. The first kappa shape index (κ1) is 10.3. The lowest BCUT2D eigenvalue weighted by molar-refractivity contribution is 0.693. The highest BCUT2D eigenvalue weighted by atomic mass is 79.9. The molecule has 0 atom stereocenters. The van der Waals surface area contributed by atoms with Gasteiger partial charge in [0.2, 0.25) is 0 Å². The molecule has 1 rings (SSSR count). The van der Waals surface area contributed by atoms with Crippen molar-refractivity contribution in [3.05, 3.63) is 15.9 Å². The highest BCUT2D eigenvalue weighted by Gasteiger charge is 2.08. The minimum Gasteiger partial charge on any atom is -0.271 e. The third kappa shape index (κ3) is 2.10. The minimum atomic E-state index is 1.05. The SMILES string of the molecule is Cc1nn(C)c(CCCBr)c1Br. The molecule has 0 saturated heterocycles. The predicted octanol–water partition coefficient (Wildman–Crippen LogP) is 2.82. The van der Waals surface area contributed by atoms with E-state index in [0.29, 0.717) is 0 Å². The zero-order chi connectivity index (χ0) is 9.14. The Morgan fingerprint density at radius 1 is 1.50 bits per heavy atom. The zero-order valence-corrected chi connectivity index (χ0v) is 10.4. The quantitative estimate of drug-likeness (QED) is 0.784. The fraction of sp³-hybridized carbons (Fsp3) is 0.625. The lowest BCUT2D eigenvalue weighted by Crippen LogP contribution is -1.98. The number of rotatable bonds is 3. The van der Waals surface area contributed by atoms with E-state index in [4.69, 9.17) is 0 Å². The second-order valence-corrected chi connectivity index (χ2v) is 4.35. The van der Waals surface area contributed by atoms with Crippen LogP contribution in [0.15, 0.2) is 4.47 Å². The molecular weight excluding hydrogens is 284 g/mol. The number of hydrogen-bond donors (Lipinski definition) is 0. The van der Waals surface area contributed by atoms with Crippen molar-refractivity contribution in [1.82, 2.24) is 9.78 Å². The van der Waals surface area contributed by atoms with Crippen LogP contribution in [0.25, 0.3) is 0 Å². The van der Waals surface area contributed by atoms with E-state index in [0.717, 1.165) is 28.3 Å². The van der Waals surface area contributed by atoms with E-state index in [1.54, 1.807) is 0 Å². The fourth-order valence-corrected chi connectivity index (χ4v) is 2.00. The molecule has 1 aromatic rings. The molecule has 0 N–H and O–H groups in total. The first-order valence-electron chi connectivity index (χ1n) is 3.90. The molecule has 0 bridgehead atoms. The Hall–Kier alpha value is 0.170. The number of aromatic nitrogens is 2. The summed E-state index contributed by atoms with van der Waals surface area (Å²) in [5.41, 5.74) is 2.36. The van der Waals surface area contributed by atoms with Gasteiger partial charge in [0, 0.05) is 12.4 Å². The molecule has 68 valence electrons. The summed E-state index contributed by atoms with van der Waals surface area (Å²) in [6.07, 6.45) is 2.22. The third-order valence-corrected chi connectivity index (χ3v) is 3.40. The maximum Gasteiger partial charge on any atom is 0.0738 e. The molecular formula is C8H12Br2N2. The van der Waals surface area contributed by atoms with Gasteiger partial charge in [-0.25, -0.2) is 0 Å². The van der Waals surface area contributed by atoms with Crippen molar-refractivity contribution >= 4 is 31.9 Å². The highest BCUT2D eigenvalue weighted by molar-refractivity contribution is 9.10. The smallest absolute Gasteiger partial charge is 0.0738 e. The molecule has 2 nitrogen and oxygen atoms in total. The highest BCUT2D eigenvalue weighted by Crippen LogP contribution is 2.21.